The second-order valence-corrected chi connectivity index (χ2v) is 5.97. The molecule has 0 fully saturated rings. The maximum absolute atomic E-state index is 12.1. The highest BCUT2D eigenvalue weighted by molar-refractivity contribution is 7.10. The number of aromatic nitrogens is 1. The molecule has 0 aliphatic heterocycles. The van der Waals surface area contributed by atoms with E-state index < -0.39 is 17.6 Å². The van der Waals surface area contributed by atoms with Crippen LogP contribution in [0.25, 0.3) is 6.08 Å². The largest absolute Gasteiger partial charge is 0.323 e. The van der Waals surface area contributed by atoms with Crippen molar-refractivity contribution < 1.29 is 9.59 Å². The zero-order valence-electron chi connectivity index (χ0n) is 11.5. The highest BCUT2D eigenvalue weighted by Gasteiger charge is 2.25. The summed E-state index contributed by atoms with van der Waals surface area (Å²) in [5, 5.41) is 14.3. The Labute approximate surface area is 146 Å². The SMILES string of the molecule is N#C[C@@H](C(=O)/C=C\c1nccs1)C(=O)Nc1cccc(Cl)c1Cl. The zero-order chi connectivity index (χ0) is 16.8. The number of rotatable bonds is 5. The van der Waals surface area contributed by atoms with Crippen molar-refractivity contribution in [3.8, 4) is 6.07 Å². The summed E-state index contributed by atoms with van der Waals surface area (Å²) in [5.41, 5.74) is 0.237. The second-order valence-electron chi connectivity index (χ2n) is 4.26. The van der Waals surface area contributed by atoms with Gasteiger partial charge < -0.3 is 5.32 Å². The van der Waals surface area contributed by atoms with Gasteiger partial charge in [0.15, 0.2) is 11.7 Å². The molecule has 23 heavy (non-hydrogen) atoms. The van der Waals surface area contributed by atoms with Crippen LogP contribution in [0.2, 0.25) is 10.0 Å². The van der Waals surface area contributed by atoms with Gasteiger partial charge in [0, 0.05) is 11.6 Å². The molecule has 2 rings (SSSR count). The Bertz CT molecular complexity index is 798. The van der Waals surface area contributed by atoms with Crippen LogP contribution in [0.4, 0.5) is 5.69 Å². The van der Waals surface area contributed by atoms with E-state index in [1.807, 2.05) is 0 Å². The van der Waals surface area contributed by atoms with E-state index in [9.17, 15) is 9.59 Å². The molecule has 1 aromatic heterocycles. The first-order chi connectivity index (χ1) is 11.0. The highest BCUT2D eigenvalue weighted by atomic mass is 35.5. The van der Waals surface area contributed by atoms with Crippen LogP contribution in [0.15, 0.2) is 35.9 Å². The van der Waals surface area contributed by atoms with Crippen LogP contribution < -0.4 is 5.32 Å². The average molecular weight is 366 g/mol. The molecule has 0 saturated carbocycles. The molecule has 0 bridgehead atoms. The fraction of sp³-hybridized carbons (Fsp3) is 0.0667. The van der Waals surface area contributed by atoms with Crippen molar-refractivity contribution in [1.82, 2.24) is 4.98 Å². The summed E-state index contributed by atoms with van der Waals surface area (Å²) in [6.45, 7) is 0. The third-order valence-electron chi connectivity index (χ3n) is 2.73. The van der Waals surface area contributed by atoms with Gasteiger partial charge in [0.1, 0.15) is 5.01 Å². The highest BCUT2D eigenvalue weighted by Crippen LogP contribution is 2.29. The van der Waals surface area contributed by atoms with E-state index in [1.54, 1.807) is 29.8 Å². The van der Waals surface area contributed by atoms with Crippen LogP contribution >= 0.6 is 34.5 Å². The van der Waals surface area contributed by atoms with Crippen molar-refractivity contribution in [2.45, 2.75) is 0 Å². The summed E-state index contributed by atoms with van der Waals surface area (Å²) in [7, 11) is 0. The lowest BCUT2D eigenvalue weighted by atomic mass is 10.0. The summed E-state index contributed by atoms with van der Waals surface area (Å²) < 4.78 is 0. The molecule has 0 spiro atoms. The van der Waals surface area contributed by atoms with Gasteiger partial charge >= 0.3 is 0 Å². The van der Waals surface area contributed by atoms with Gasteiger partial charge in [-0.25, -0.2) is 4.98 Å². The van der Waals surface area contributed by atoms with Crippen molar-refractivity contribution in [3.63, 3.8) is 0 Å². The van der Waals surface area contributed by atoms with Gasteiger partial charge in [0.05, 0.1) is 21.8 Å². The Morgan fingerprint density at radius 2 is 2.17 bits per heavy atom. The van der Waals surface area contributed by atoms with E-state index in [0.717, 1.165) is 6.08 Å². The van der Waals surface area contributed by atoms with E-state index in [4.69, 9.17) is 28.5 Å². The number of nitrogens with one attached hydrogen (secondary N) is 1. The Kier molecular flexibility index (Phi) is 5.88. The summed E-state index contributed by atoms with van der Waals surface area (Å²) in [5.74, 6) is -2.90. The van der Waals surface area contributed by atoms with Crippen LogP contribution in [0.3, 0.4) is 0 Å². The Hall–Kier alpha value is -2.20. The van der Waals surface area contributed by atoms with E-state index in [0.29, 0.717) is 5.01 Å². The number of hydrogen-bond donors (Lipinski definition) is 1. The topological polar surface area (TPSA) is 82.8 Å². The van der Waals surface area contributed by atoms with Gasteiger partial charge in [0.25, 0.3) is 0 Å². The number of ketones is 1. The van der Waals surface area contributed by atoms with E-state index in [2.05, 4.69) is 10.3 Å². The minimum atomic E-state index is -1.48. The number of benzene rings is 1. The predicted octanol–water partition coefficient (Wildman–Crippen LogP) is 3.81. The third-order valence-corrected chi connectivity index (χ3v) is 4.29. The first-order valence-electron chi connectivity index (χ1n) is 6.29. The molecule has 0 saturated heterocycles. The van der Waals surface area contributed by atoms with E-state index in [-0.39, 0.29) is 15.7 Å². The fourth-order valence-electron chi connectivity index (χ4n) is 1.62. The molecular formula is C15H9Cl2N3O2S. The number of carbonyl (C=O) groups is 2. The predicted molar refractivity (Wildman–Crippen MR) is 90.3 cm³/mol. The fourth-order valence-corrected chi connectivity index (χ4v) is 2.50. The van der Waals surface area contributed by atoms with Crippen molar-refractivity contribution in [1.29, 1.82) is 5.26 Å². The minimum absolute atomic E-state index is 0.144. The van der Waals surface area contributed by atoms with Crippen LogP contribution in [-0.4, -0.2) is 16.7 Å². The molecule has 8 heteroatoms. The molecule has 116 valence electrons. The molecular weight excluding hydrogens is 357 g/mol. The first kappa shape index (κ1) is 17.2. The normalized spacial score (nSPS) is 11.9. The molecule has 0 radical (unpaired) electrons. The lowest BCUT2D eigenvalue weighted by molar-refractivity contribution is -0.126. The number of nitriles is 1. The number of allylic oxidation sites excluding steroid dienone is 1. The lowest BCUT2D eigenvalue weighted by Crippen LogP contribution is -2.27. The molecule has 1 N–H and O–H groups in total. The Balaban J connectivity index is 2.11. The van der Waals surface area contributed by atoms with Crippen molar-refractivity contribution in [2.24, 2.45) is 5.92 Å². The molecule has 1 amide bonds. The minimum Gasteiger partial charge on any atom is -0.323 e. The monoisotopic (exact) mass is 365 g/mol. The molecule has 1 atom stereocenters. The Morgan fingerprint density at radius 3 is 2.83 bits per heavy atom. The van der Waals surface area contributed by atoms with Gasteiger partial charge in [-0.15, -0.1) is 11.3 Å². The molecule has 5 nitrogen and oxygen atoms in total. The van der Waals surface area contributed by atoms with E-state index >= 15 is 0 Å². The maximum atomic E-state index is 12.1. The van der Waals surface area contributed by atoms with Gasteiger partial charge in [0.2, 0.25) is 5.91 Å². The molecule has 0 aliphatic rings. The summed E-state index contributed by atoms with van der Waals surface area (Å²) in [6, 6.07) is 6.36. The molecule has 1 heterocycles. The smallest absolute Gasteiger partial charge is 0.249 e. The number of thiazole rings is 1. The number of carbonyl (C=O) groups excluding carboxylic acids is 2. The van der Waals surface area contributed by atoms with Gasteiger partial charge in [-0.2, -0.15) is 5.26 Å². The van der Waals surface area contributed by atoms with Crippen LogP contribution in [0.5, 0.6) is 0 Å². The van der Waals surface area contributed by atoms with Crippen molar-refractivity contribution >= 4 is 58.0 Å². The zero-order valence-corrected chi connectivity index (χ0v) is 13.8. The van der Waals surface area contributed by atoms with E-state index in [1.165, 1.54) is 23.5 Å². The number of hydrogen-bond acceptors (Lipinski definition) is 5. The molecule has 0 aliphatic carbocycles. The molecule has 0 unspecified atom stereocenters. The standard InChI is InChI=1S/C15H9Cl2N3O2S/c16-10-2-1-3-11(14(10)17)20-15(22)9(8-18)12(21)4-5-13-19-6-7-23-13/h1-7,9H,(H,20,22)/b5-4-/t9-/m0/s1. The van der Waals surface area contributed by atoms with Crippen LogP contribution in [-0.2, 0) is 9.59 Å². The third kappa shape index (κ3) is 4.39. The van der Waals surface area contributed by atoms with Gasteiger partial charge in [-0.1, -0.05) is 29.3 Å². The summed E-state index contributed by atoms with van der Waals surface area (Å²) in [6.07, 6.45) is 4.20. The number of anilines is 1. The summed E-state index contributed by atoms with van der Waals surface area (Å²) in [4.78, 5) is 28.1. The van der Waals surface area contributed by atoms with Crippen molar-refractivity contribution in [3.05, 3.63) is 50.9 Å². The first-order valence-corrected chi connectivity index (χ1v) is 7.92. The number of amides is 1. The lowest BCUT2D eigenvalue weighted by Gasteiger charge is -2.10. The average Bonchev–Trinajstić information content (AvgIpc) is 3.04. The van der Waals surface area contributed by atoms with Crippen molar-refractivity contribution in [2.75, 3.05) is 5.32 Å². The number of halogens is 2. The number of nitrogens with zero attached hydrogens (tertiary/aromatic N) is 2. The quantitative estimate of drug-likeness (QED) is 0.644. The maximum Gasteiger partial charge on any atom is 0.249 e. The van der Waals surface area contributed by atoms with Gasteiger partial charge in [-0.05, 0) is 24.3 Å². The van der Waals surface area contributed by atoms with Crippen LogP contribution in [0.1, 0.15) is 5.01 Å². The van der Waals surface area contributed by atoms with Crippen LogP contribution in [0, 0.1) is 17.2 Å². The molecule has 1 aromatic carbocycles. The molecule has 2 aromatic rings. The Morgan fingerprint density at radius 1 is 1.39 bits per heavy atom. The second kappa shape index (κ2) is 7.88. The summed E-state index contributed by atoms with van der Waals surface area (Å²) >= 11 is 13.1. The van der Waals surface area contributed by atoms with Gasteiger partial charge in [-0.3, -0.25) is 9.59 Å².